The van der Waals surface area contributed by atoms with Gasteiger partial charge < -0.3 is 5.73 Å². The van der Waals surface area contributed by atoms with Crippen LogP contribution in [0.3, 0.4) is 0 Å². The molecule has 0 aliphatic heterocycles. The van der Waals surface area contributed by atoms with E-state index in [2.05, 4.69) is 24.9 Å². The van der Waals surface area contributed by atoms with Crippen LogP contribution in [-0.4, -0.2) is 28.6 Å². The van der Waals surface area contributed by atoms with Gasteiger partial charge in [0.1, 0.15) is 4.90 Å². The van der Waals surface area contributed by atoms with Crippen molar-refractivity contribution >= 4 is 21.7 Å². The summed E-state index contributed by atoms with van der Waals surface area (Å²) in [6.07, 6.45) is 3.91. The monoisotopic (exact) mass is 308 g/mol. The van der Waals surface area contributed by atoms with E-state index < -0.39 is 10.0 Å². The molecule has 112 valence electrons. The number of nitrogens with zero attached hydrogens (tertiary/aromatic N) is 4. The van der Waals surface area contributed by atoms with E-state index in [1.165, 1.54) is 18.5 Å². The maximum atomic E-state index is 12.2. The third-order valence-corrected chi connectivity index (χ3v) is 4.21. The predicted molar refractivity (Wildman–Crippen MR) is 78.0 cm³/mol. The fraction of sp³-hybridized carbons (Fsp3) is 0.333. The quantitative estimate of drug-likeness (QED) is 0.836. The molecule has 0 aromatic carbocycles. The number of pyridine rings is 1. The Kier molecular flexibility index (Phi) is 4.32. The molecule has 2 rings (SSSR count). The van der Waals surface area contributed by atoms with Gasteiger partial charge in [0.25, 0.3) is 16.0 Å². The van der Waals surface area contributed by atoms with Gasteiger partial charge in [-0.05, 0) is 18.9 Å². The molecular weight excluding hydrogens is 292 g/mol. The topological polar surface area (TPSA) is 124 Å². The predicted octanol–water partition coefficient (Wildman–Crippen LogP) is 0.774. The summed E-state index contributed by atoms with van der Waals surface area (Å²) in [6.45, 7) is 3.85. The molecule has 3 N–H and O–H groups in total. The number of hydrogen-bond acceptors (Lipinski definition) is 7. The lowest BCUT2D eigenvalue weighted by atomic mass is 10.2. The minimum absolute atomic E-state index is 0.0766. The van der Waals surface area contributed by atoms with Crippen molar-refractivity contribution in [1.82, 2.24) is 20.2 Å². The van der Waals surface area contributed by atoms with Crippen molar-refractivity contribution in [3.8, 4) is 0 Å². The van der Waals surface area contributed by atoms with E-state index in [-0.39, 0.29) is 16.5 Å². The van der Waals surface area contributed by atoms with Crippen molar-refractivity contribution in [3.63, 3.8) is 0 Å². The summed E-state index contributed by atoms with van der Waals surface area (Å²) in [5.74, 6) is -0.0766. The van der Waals surface area contributed by atoms with Crippen LogP contribution in [0.1, 0.15) is 25.2 Å². The lowest BCUT2D eigenvalue weighted by Crippen LogP contribution is -2.18. The molecule has 0 fully saturated rings. The average molecular weight is 308 g/mol. The third-order valence-electron chi connectivity index (χ3n) is 2.84. The molecule has 0 saturated heterocycles. The third kappa shape index (κ3) is 3.24. The first-order valence-electron chi connectivity index (χ1n) is 6.42. The summed E-state index contributed by atoms with van der Waals surface area (Å²) < 4.78 is 26.7. The molecule has 0 bridgehead atoms. The van der Waals surface area contributed by atoms with Crippen LogP contribution in [0.15, 0.2) is 23.4 Å². The fourth-order valence-electron chi connectivity index (χ4n) is 1.77. The first kappa shape index (κ1) is 15.1. The zero-order valence-electron chi connectivity index (χ0n) is 11.7. The number of aryl methyl sites for hydroxylation is 2. The van der Waals surface area contributed by atoms with Crippen molar-refractivity contribution in [2.75, 3.05) is 10.5 Å². The van der Waals surface area contributed by atoms with E-state index in [0.29, 0.717) is 18.5 Å². The second kappa shape index (κ2) is 6.00. The number of nitrogen functional groups attached to an aromatic ring is 1. The van der Waals surface area contributed by atoms with Gasteiger partial charge in [0, 0.05) is 12.4 Å². The second-order valence-corrected chi connectivity index (χ2v) is 5.91. The smallest absolute Gasteiger partial charge is 0.267 e. The van der Waals surface area contributed by atoms with Gasteiger partial charge in [-0.2, -0.15) is 0 Å². The Hall–Kier alpha value is -2.29. The normalized spacial score (nSPS) is 11.3. The minimum atomic E-state index is -3.89. The van der Waals surface area contributed by atoms with Crippen LogP contribution in [0.4, 0.5) is 11.6 Å². The molecule has 2 heterocycles. The molecular formula is C12H16N6O2S. The zero-order chi connectivity index (χ0) is 15.5. The number of nitrogens with one attached hydrogen (secondary N) is 1. The van der Waals surface area contributed by atoms with Crippen molar-refractivity contribution in [2.24, 2.45) is 0 Å². The van der Waals surface area contributed by atoms with Gasteiger partial charge in [-0.1, -0.05) is 13.8 Å². The van der Waals surface area contributed by atoms with Crippen LogP contribution in [0.2, 0.25) is 0 Å². The standard InChI is InChI=1S/C12H16N6O2S/c1-3-9-10(4-2)16-17-12(15-9)18-21(19,20)11-7-14-6-5-8(11)13/h5-7H,3-4H2,1-2H3,(H2,13,14)(H,15,17,18). The van der Waals surface area contributed by atoms with Gasteiger partial charge in [0.05, 0.1) is 17.1 Å². The Balaban J connectivity index is 2.35. The number of hydrogen-bond donors (Lipinski definition) is 2. The van der Waals surface area contributed by atoms with Crippen molar-refractivity contribution in [1.29, 1.82) is 0 Å². The van der Waals surface area contributed by atoms with E-state index in [1.54, 1.807) is 0 Å². The number of sulfonamides is 1. The van der Waals surface area contributed by atoms with Crippen LogP contribution < -0.4 is 10.5 Å². The lowest BCUT2D eigenvalue weighted by Gasteiger charge is -2.09. The molecule has 9 heteroatoms. The Labute approximate surface area is 122 Å². The fourth-order valence-corrected chi connectivity index (χ4v) is 2.79. The van der Waals surface area contributed by atoms with Gasteiger partial charge in [-0.15, -0.1) is 10.2 Å². The molecule has 0 amide bonds. The summed E-state index contributed by atoms with van der Waals surface area (Å²) in [4.78, 5) is 7.82. The van der Waals surface area contributed by atoms with E-state index in [9.17, 15) is 8.42 Å². The molecule has 0 aliphatic rings. The Morgan fingerprint density at radius 1 is 1.19 bits per heavy atom. The Bertz CT molecular complexity index is 747. The van der Waals surface area contributed by atoms with E-state index in [1.807, 2.05) is 13.8 Å². The van der Waals surface area contributed by atoms with Crippen LogP contribution in [-0.2, 0) is 22.9 Å². The molecule has 0 saturated carbocycles. The Morgan fingerprint density at radius 2 is 1.90 bits per heavy atom. The number of rotatable bonds is 5. The molecule has 0 radical (unpaired) electrons. The average Bonchev–Trinajstić information content (AvgIpc) is 2.47. The molecule has 2 aromatic heterocycles. The molecule has 2 aromatic rings. The SMILES string of the molecule is CCc1nnc(NS(=O)(=O)c2cnccc2N)nc1CC. The highest BCUT2D eigenvalue weighted by Crippen LogP contribution is 2.18. The highest BCUT2D eigenvalue weighted by molar-refractivity contribution is 7.92. The van der Waals surface area contributed by atoms with Gasteiger partial charge >= 0.3 is 0 Å². The van der Waals surface area contributed by atoms with Gasteiger partial charge in [0.2, 0.25) is 0 Å². The maximum Gasteiger partial charge on any atom is 0.267 e. The number of anilines is 2. The molecule has 8 nitrogen and oxygen atoms in total. The van der Waals surface area contributed by atoms with Crippen LogP contribution in [0.25, 0.3) is 0 Å². The Morgan fingerprint density at radius 3 is 2.52 bits per heavy atom. The van der Waals surface area contributed by atoms with Gasteiger partial charge in [-0.25, -0.2) is 18.1 Å². The van der Waals surface area contributed by atoms with Crippen LogP contribution >= 0.6 is 0 Å². The van der Waals surface area contributed by atoms with Crippen LogP contribution in [0.5, 0.6) is 0 Å². The number of nitrogens with two attached hydrogens (primary N) is 1. The largest absolute Gasteiger partial charge is 0.398 e. The summed E-state index contributed by atoms with van der Waals surface area (Å²) in [6, 6.07) is 1.41. The zero-order valence-corrected chi connectivity index (χ0v) is 12.6. The maximum absolute atomic E-state index is 12.2. The van der Waals surface area contributed by atoms with Crippen molar-refractivity contribution < 1.29 is 8.42 Å². The molecule has 21 heavy (non-hydrogen) atoms. The van der Waals surface area contributed by atoms with Gasteiger partial charge in [-0.3, -0.25) is 4.98 Å². The first-order chi connectivity index (χ1) is 9.97. The number of aromatic nitrogens is 4. The highest BCUT2D eigenvalue weighted by atomic mass is 32.2. The summed E-state index contributed by atoms with van der Waals surface area (Å²) >= 11 is 0. The summed E-state index contributed by atoms with van der Waals surface area (Å²) in [5, 5.41) is 7.77. The van der Waals surface area contributed by atoms with Crippen molar-refractivity contribution in [3.05, 3.63) is 29.8 Å². The molecule has 0 unspecified atom stereocenters. The first-order valence-corrected chi connectivity index (χ1v) is 7.91. The van der Waals surface area contributed by atoms with E-state index in [0.717, 1.165) is 5.69 Å². The summed E-state index contributed by atoms with van der Waals surface area (Å²) in [7, 11) is -3.89. The second-order valence-electron chi connectivity index (χ2n) is 4.25. The molecule has 0 spiro atoms. The van der Waals surface area contributed by atoms with Crippen molar-refractivity contribution in [2.45, 2.75) is 31.6 Å². The summed E-state index contributed by atoms with van der Waals surface area (Å²) in [5.41, 5.74) is 7.21. The van der Waals surface area contributed by atoms with Crippen LogP contribution in [0, 0.1) is 0 Å². The van der Waals surface area contributed by atoms with Gasteiger partial charge in [0.15, 0.2) is 0 Å². The molecule has 0 aliphatic carbocycles. The van der Waals surface area contributed by atoms with E-state index in [4.69, 9.17) is 5.73 Å². The van der Waals surface area contributed by atoms with E-state index >= 15 is 0 Å². The highest BCUT2D eigenvalue weighted by Gasteiger charge is 2.19. The minimum Gasteiger partial charge on any atom is -0.398 e. The molecule has 0 atom stereocenters. The lowest BCUT2D eigenvalue weighted by molar-refractivity contribution is 0.600.